The van der Waals surface area contributed by atoms with Crippen LogP contribution >= 0.6 is 22.9 Å². The van der Waals surface area contributed by atoms with E-state index in [1.165, 1.54) is 33.5 Å². The summed E-state index contributed by atoms with van der Waals surface area (Å²) in [7, 11) is 2.57. The predicted molar refractivity (Wildman–Crippen MR) is 276 cm³/mol. The van der Waals surface area contributed by atoms with Gasteiger partial charge in [-0.2, -0.15) is 0 Å². The fourth-order valence-electron chi connectivity index (χ4n) is 9.75. The minimum atomic E-state index is -0.944. The maximum atomic E-state index is 14.7. The monoisotopic (exact) mass is 1050 g/mol. The summed E-state index contributed by atoms with van der Waals surface area (Å²) in [6.07, 6.45) is 3.68. The molecule has 15 nitrogen and oxygen atoms in total. The third-order valence-corrected chi connectivity index (χ3v) is 14.7. The molecule has 69 heavy (non-hydrogen) atoms. The highest BCUT2D eigenvalue weighted by Gasteiger charge is 2.42. The minimum absolute atomic E-state index is 0.0879. The van der Waals surface area contributed by atoms with Crippen LogP contribution in [-0.4, -0.2) is 101 Å². The summed E-state index contributed by atoms with van der Waals surface area (Å²) in [5, 5.41) is 11.1. The predicted octanol–water partition coefficient (Wildman–Crippen LogP) is 9.34. The van der Waals surface area contributed by atoms with Crippen LogP contribution in [0.15, 0.2) is 96.1 Å². The van der Waals surface area contributed by atoms with Crippen molar-refractivity contribution in [3.8, 4) is 11.1 Å². The standard InChI is InChI=1S/C53H63IN8O7/c1-8-23-60(50(63)45(31(2)3)58-52(65)67-6)33(5)48-55-27-43(56-48)39-18-20-40(32(4)24-39)37-17-21-41-38(26-37)19-22-42-47(41)62(54)49(57-42)44-25-35(30-69-29-34-13-12-14-34)28-61(44)51(64)46(59-53(66)68-7)36-15-10-9-11-16-36/h9-11,15-22,24,26,31,34-35,43-46H,5,8,12-14,23,25,27-30H2,1-4,6-7H3,(H,55,56)(H,58,65)(H,59,66)/t35?,43?,44-,45-,46+/m0/s1. The Morgan fingerprint density at radius 1 is 0.942 bits per heavy atom. The molecule has 0 radical (unpaired) electrons. The number of aryl methyl sites for hydroxylation is 1. The summed E-state index contributed by atoms with van der Waals surface area (Å²) in [5.74, 6) is 1.35. The number of hydrogen-bond acceptors (Lipinski definition) is 10. The van der Waals surface area contributed by atoms with Gasteiger partial charge in [-0.1, -0.05) is 101 Å². The number of halogens is 1. The first-order valence-corrected chi connectivity index (χ1v) is 24.9. The van der Waals surface area contributed by atoms with Gasteiger partial charge in [0.15, 0.2) is 0 Å². The molecule has 1 saturated carbocycles. The van der Waals surface area contributed by atoms with E-state index in [1.54, 1.807) is 4.90 Å². The summed E-state index contributed by atoms with van der Waals surface area (Å²) in [6.45, 7) is 14.8. The van der Waals surface area contributed by atoms with Crippen LogP contribution in [-0.2, 0) is 23.8 Å². The smallest absolute Gasteiger partial charge is 0.407 e. The van der Waals surface area contributed by atoms with E-state index in [9.17, 15) is 19.2 Å². The molecule has 3 aliphatic rings. The Kier molecular flexibility index (Phi) is 15.6. The average molecular weight is 1050 g/mol. The molecule has 2 fully saturated rings. The molecule has 3 heterocycles. The number of nitrogens with zero attached hydrogens (tertiary/aromatic N) is 5. The van der Waals surface area contributed by atoms with Gasteiger partial charge in [0.05, 0.1) is 79.0 Å². The third kappa shape index (κ3) is 10.6. The van der Waals surface area contributed by atoms with Crippen LogP contribution in [0.25, 0.3) is 32.9 Å². The molecular weight excluding hydrogens is 988 g/mol. The lowest BCUT2D eigenvalue weighted by Gasteiger charge is -2.30. The molecule has 4 aromatic carbocycles. The number of hydrogen-bond donors (Lipinski definition) is 3. The number of amides is 4. The largest absolute Gasteiger partial charge is 0.453 e. The first-order valence-electron chi connectivity index (χ1n) is 24.0. The van der Waals surface area contributed by atoms with Crippen molar-refractivity contribution >= 4 is 74.5 Å². The van der Waals surface area contributed by atoms with Crippen molar-refractivity contribution in [2.24, 2.45) is 22.7 Å². The van der Waals surface area contributed by atoms with Gasteiger partial charge in [-0.3, -0.25) is 17.4 Å². The molecule has 0 bridgehead atoms. The summed E-state index contributed by atoms with van der Waals surface area (Å²) in [4.78, 5) is 66.7. The lowest BCUT2D eigenvalue weighted by Crippen LogP contribution is -2.52. The number of carbonyl (C=O) groups excluding carboxylic acids is 4. The topological polar surface area (TPSA) is 169 Å². The Labute approximate surface area is 417 Å². The SMILES string of the molecule is C=C(C1=NCC(c2ccc(-c3ccc4c(ccc5nc([C@@H]6CC(COCC7CCC7)CN6C(=O)[C@H](NC(=O)OC)c6ccccc6)n(I)c54)c3)c(C)c2)N1)N(CCC)C(=O)[C@@H](NC(=O)OC)C(C)C. The molecule has 1 saturated heterocycles. The van der Waals surface area contributed by atoms with Crippen molar-refractivity contribution in [3.63, 3.8) is 0 Å². The number of imidazole rings is 1. The van der Waals surface area contributed by atoms with Crippen LogP contribution in [0, 0.1) is 24.7 Å². The van der Waals surface area contributed by atoms with Gasteiger partial charge in [0.2, 0.25) is 5.91 Å². The Hall–Kier alpha value is -6.01. The van der Waals surface area contributed by atoms with Gasteiger partial charge < -0.3 is 40.0 Å². The second kappa shape index (κ2) is 21.7. The molecule has 364 valence electrons. The van der Waals surface area contributed by atoms with Gasteiger partial charge in [0.1, 0.15) is 23.7 Å². The van der Waals surface area contributed by atoms with E-state index in [2.05, 4.69) is 97.6 Å². The third-order valence-electron chi connectivity index (χ3n) is 13.7. The van der Waals surface area contributed by atoms with Crippen molar-refractivity contribution < 1.29 is 33.4 Å². The van der Waals surface area contributed by atoms with E-state index < -0.39 is 24.3 Å². The number of nitrogens with one attached hydrogen (secondary N) is 3. The molecule has 1 aromatic heterocycles. The number of benzene rings is 4. The fourth-order valence-corrected chi connectivity index (χ4v) is 10.7. The maximum absolute atomic E-state index is 14.7. The Morgan fingerprint density at radius 2 is 1.68 bits per heavy atom. The zero-order valence-electron chi connectivity index (χ0n) is 40.3. The van der Waals surface area contributed by atoms with Crippen molar-refractivity contribution in [3.05, 3.63) is 114 Å². The second-order valence-corrected chi connectivity index (χ2v) is 19.8. The van der Waals surface area contributed by atoms with E-state index in [4.69, 9.17) is 24.2 Å². The highest BCUT2D eigenvalue weighted by Crippen LogP contribution is 2.41. The number of likely N-dealkylation sites (tertiary alicyclic amines) is 1. The molecule has 5 atom stereocenters. The minimum Gasteiger partial charge on any atom is -0.453 e. The van der Waals surface area contributed by atoms with Crippen molar-refractivity contribution in [1.82, 2.24) is 33.5 Å². The number of aromatic nitrogens is 2. The van der Waals surface area contributed by atoms with Crippen molar-refractivity contribution in [2.75, 3.05) is 47.1 Å². The second-order valence-electron chi connectivity index (χ2n) is 18.8. The first kappa shape index (κ1) is 49.4. The molecule has 0 spiro atoms. The quantitative estimate of drug-likeness (QED) is 0.0769. The number of fused-ring (bicyclic) bond motifs is 3. The van der Waals surface area contributed by atoms with Gasteiger partial charge >= 0.3 is 12.2 Å². The van der Waals surface area contributed by atoms with Crippen LogP contribution in [0.4, 0.5) is 9.59 Å². The Bertz CT molecular complexity index is 2750. The maximum Gasteiger partial charge on any atom is 0.407 e. The molecule has 1 aliphatic carbocycles. The molecule has 2 aliphatic heterocycles. The van der Waals surface area contributed by atoms with E-state index in [-0.39, 0.29) is 35.7 Å². The van der Waals surface area contributed by atoms with E-state index in [0.717, 1.165) is 56.5 Å². The van der Waals surface area contributed by atoms with Gasteiger partial charge in [0, 0.05) is 31.0 Å². The fraction of sp³-hybridized carbons (Fsp3) is 0.434. The van der Waals surface area contributed by atoms with Crippen LogP contribution in [0.1, 0.15) is 93.5 Å². The van der Waals surface area contributed by atoms with Gasteiger partial charge in [-0.05, 0) is 89.8 Å². The number of amidine groups is 1. The number of carbonyl (C=O) groups is 4. The van der Waals surface area contributed by atoms with Crippen molar-refractivity contribution in [1.29, 1.82) is 0 Å². The van der Waals surface area contributed by atoms with Crippen LogP contribution in [0.3, 0.4) is 0 Å². The average Bonchev–Trinajstić information content (AvgIpc) is 4.09. The lowest BCUT2D eigenvalue weighted by atomic mass is 9.86. The van der Waals surface area contributed by atoms with E-state index in [1.807, 2.05) is 62.1 Å². The van der Waals surface area contributed by atoms with Gasteiger partial charge in [-0.15, -0.1) is 0 Å². The molecule has 3 N–H and O–H groups in total. The van der Waals surface area contributed by atoms with Crippen LogP contribution in [0.5, 0.6) is 0 Å². The molecule has 8 rings (SSSR count). The summed E-state index contributed by atoms with van der Waals surface area (Å²) in [6, 6.07) is 24.2. The first-order chi connectivity index (χ1) is 33.3. The summed E-state index contributed by atoms with van der Waals surface area (Å²) < 4.78 is 18.1. The molecule has 4 amide bonds. The van der Waals surface area contributed by atoms with Crippen LogP contribution < -0.4 is 16.0 Å². The lowest BCUT2D eigenvalue weighted by molar-refractivity contribution is -0.135. The summed E-state index contributed by atoms with van der Waals surface area (Å²) in [5.41, 5.74) is 7.28. The number of alkyl carbamates (subject to hydrolysis) is 2. The number of aliphatic imine (C=N–C) groups is 1. The van der Waals surface area contributed by atoms with Gasteiger partial charge in [0.25, 0.3) is 5.91 Å². The number of ether oxygens (including phenoxy) is 3. The number of methoxy groups -OCH3 is 2. The zero-order chi connectivity index (χ0) is 48.9. The molecular formula is C53H63IN8O7. The molecule has 2 unspecified atom stereocenters. The van der Waals surface area contributed by atoms with Gasteiger partial charge in [-0.25, -0.2) is 14.6 Å². The normalized spacial score (nSPS) is 18.9. The Balaban J connectivity index is 1.02. The summed E-state index contributed by atoms with van der Waals surface area (Å²) >= 11 is 2.33. The van der Waals surface area contributed by atoms with E-state index >= 15 is 0 Å². The van der Waals surface area contributed by atoms with E-state index in [0.29, 0.717) is 62.1 Å². The Morgan fingerprint density at radius 3 is 2.36 bits per heavy atom. The van der Waals surface area contributed by atoms with Crippen molar-refractivity contribution in [2.45, 2.75) is 84.0 Å². The molecule has 16 heteroatoms. The highest BCUT2D eigenvalue weighted by atomic mass is 127. The van der Waals surface area contributed by atoms with Crippen LogP contribution in [0.2, 0.25) is 0 Å². The molecule has 5 aromatic rings. The number of rotatable bonds is 17. The highest BCUT2D eigenvalue weighted by molar-refractivity contribution is 14.1. The zero-order valence-corrected chi connectivity index (χ0v) is 42.5.